The van der Waals surface area contributed by atoms with Gasteiger partial charge in [0.1, 0.15) is 23.5 Å². The van der Waals surface area contributed by atoms with Crippen molar-refractivity contribution in [2.75, 3.05) is 5.32 Å². The van der Waals surface area contributed by atoms with Crippen LogP contribution in [0.5, 0.6) is 5.75 Å². The highest BCUT2D eigenvalue weighted by Gasteiger charge is 2.25. The molecule has 2 aromatic heterocycles. The normalized spacial score (nSPS) is 19.2. The lowest BCUT2D eigenvalue weighted by atomic mass is 10.1. The van der Waals surface area contributed by atoms with Crippen molar-refractivity contribution in [3.63, 3.8) is 0 Å². The molecule has 3 N–H and O–H groups in total. The van der Waals surface area contributed by atoms with Crippen molar-refractivity contribution >= 4 is 11.5 Å². The van der Waals surface area contributed by atoms with Gasteiger partial charge in [-0.3, -0.25) is 0 Å². The zero-order valence-corrected chi connectivity index (χ0v) is 17.9. The molecule has 5 rings (SSSR count). The van der Waals surface area contributed by atoms with Gasteiger partial charge in [0.25, 0.3) is 0 Å². The van der Waals surface area contributed by atoms with E-state index in [2.05, 4.69) is 10.3 Å². The lowest BCUT2D eigenvalue weighted by Gasteiger charge is -2.18. The Balaban J connectivity index is 1.36. The smallest absolute Gasteiger partial charge is 0.154 e. The van der Waals surface area contributed by atoms with Gasteiger partial charge in [-0.1, -0.05) is 12.1 Å². The van der Waals surface area contributed by atoms with Gasteiger partial charge in [0, 0.05) is 11.6 Å². The maximum absolute atomic E-state index is 13.6. The molecule has 1 fully saturated rings. The van der Waals surface area contributed by atoms with Crippen LogP contribution in [0.1, 0.15) is 37.8 Å². The van der Waals surface area contributed by atoms with Crippen molar-refractivity contribution in [2.24, 2.45) is 5.73 Å². The number of halogens is 1. The van der Waals surface area contributed by atoms with Crippen LogP contribution in [0.3, 0.4) is 0 Å². The summed E-state index contributed by atoms with van der Waals surface area (Å²) in [4.78, 5) is 4.48. The van der Waals surface area contributed by atoms with Gasteiger partial charge < -0.3 is 15.8 Å². The van der Waals surface area contributed by atoms with Crippen LogP contribution in [0.4, 0.5) is 10.2 Å². The lowest BCUT2D eigenvalue weighted by Crippen LogP contribution is -2.33. The molecule has 0 radical (unpaired) electrons. The first-order valence-electron chi connectivity index (χ1n) is 11.0. The van der Waals surface area contributed by atoms with Gasteiger partial charge in [-0.25, -0.2) is 13.9 Å². The number of nitrogens with zero attached hydrogens (tertiary/aromatic N) is 3. The van der Waals surface area contributed by atoms with Gasteiger partial charge in [-0.2, -0.15) is 0 Å². The van der Waals surface area contributed by atoms with Crippen molar-refractivity contribution in [3.05, 3.63) is 78.2 Å². The molecule has 0 spiro atoms. The predicted octanol–water partition coefficient (Wildman–Crippen LogP) is 4.97. The first-order valence-corrected chi connectivity index (χ1v) is 11.0. The predicted molar refractivity (Wildman–Crippen MR) is 123 cm³/mol. The van der Waals surface area contributed by atoms with Gasteiger partial charge in [0.05, 0.1) is 17.9 Å². The number of imidazole rings is 1. The standard InChI is InChI=1S/C25H26FN5O/c1-16(18-4-2-5-19(26)14-18)29-24-12-13-25-28-15-22(31(25)30-24)17-8-10-20(11-9-17)32-23-7-3-6-21(23)27/h2,4-5,8-16,21,23H,3,6-7,27H2,1H3,(H,29,30)/t16-,21-,23-/m1/s1. The zero-order chi connectivity index (χ0) is 22.1. The monoisotopic (exact) mass is 431 g/mol. The number of hydrogen-bond acceptors (Lipinski definition) is 5. The molecule has 2 heterocycles. The highest BCUT2D eigenvalue weighted by Crippen LogP contribution is 2.27. The summed E-state index contributed by atoms with van der Waals surface area (Å²) in [7, 11) is 0. The highest BCUT2D eigenvalue weighted by atomic mass is 19.1. The molecular formula is C25H26FN5O. The van der Waals surface area contributed by atoms with E-state index in [9.17, 15) is 4.39 Å². The minimum Gasteiger partial charge on any atom is -0.489 e. The van der Waals surface area contributed by atoms with E-state index in [0.29, 0.717) is 5.82 Å². The van der Waals surface area contributed by atoms with E-state index >= 15 is 0 Å². The summed E-state index contributed by atoms with van der Waals surface area (Å²) >= 11 is 0. The number of fused-ring (bicyclic) bond motifs is 1. The Hall–Kier alpha value is -3.45. The van der Waals surface area contributed by atoms with Crippen LogP contribution in [-0.4, -0.2) is 26.7 Å². The number of ether oxygens (including phenoxy) is 1. The number of rotatable bonds is 6. The van der Waals surface area contributed by atoms with E-state index < -0.39 is 0 Å². The average molecular weight is 432 g/mol. The van der Waals surface area contributed by atoms with Crippen molar-refractivity contribution in [1.29, 1.82) is 0 Å². The molecule has 2 aromatic carbocycles. The summed E-state index contributed by atoms with van der Waals surface area (Å²) in [6.07, 6.45) is 5.04. The first kappa shape index (κ1) is 20.5. The molecule has 7 heteroatoms. The van der Waals surface area contributed by atoms with Crippen LogP contribution in [-0.2, 0) is 0 Å². The Kier molecular flexibility index (Phi) is 5.49. The largest absolute Gasteiger partial charge is 0.489 e. The molecule has 164 valence electrons. The van der Waals surface area contributed by atoms with Gasteiger partial charge in [-0.05, 0) is 80.3 Å². The fourth-order valence-electron chi connectivity index (χ4n) is 4.21. The maximum atomic E-state index is 13.6. The molecule has 0 bridgehead atoms. The van der Waals surface area contributed by atoms with E-state index in [1.807, 2.05) is 60.1 Å². The van der Waals surface area contributed by atoms with Gasteiger partial charge in [-0.15, -0.1) is 5.10 Å². The van der Waals surface area contributed by atoms with Crippen LogP contribution in [0.25, 0.3) is 16.9 Å². The molecule has 0 amide bonds. The van der Waals surface area contributed by atoms with E-state index in [0.717, 1.165) is 47.5 Å². The lowest BCUT2D eigenvalue weighted by molar-refractivity contribution is 0.191. The second-order valence-electron chi connectivity index (χ2n) is 8.33. The summed E-state index contributed by atoms with van der Waals surface area (Å²) in [5.74, 6) is 1.26. The Bertz CT molecular complexity index is 1220. The average Bonchev–Trinajstić information content (AvgIpc) is 3.40. The number of nitrogens with one attached hydrogen (secondary N) is 1. The summed E-state index contributed by atoms with van der Waals surface area (Å²) in [5, 5.41) is 8.06. The molecule has 0 unspecified atom stereocenters. The summed E-state index contributed by atoms with van der Waals surface area (Å²) in [5.41, 5.74) is 9.60. The van der Waals surface area contributed by atoms with Gasteiger partial charge in [0.15, 0.2) is 5.65 Å². The molecule has 32 heavy (non-hydrogen) atoms. The van der Waals surface area contributed by atoms with Crippen molar-refractivity contribution in [2.45, 2.75) is 44.4 Å². The van der Waals surface area contributed by atoms with E-state index in [-0.39, 0.29) is 24.0 Å². The number of aromatic nitrogens is 3. The molecule has 0 aliphatic heterocycles. The number of nitrogens with two attached hydrogens (primary N) is 1. The third kappa shape index (κ3) is 4.16. The van der Waals surface area contributed by atoms with Crippen LogP contribution in [0.15, 0.2) is 66.9 Å². The molecule has 1 saturated carbocycles. The van der Waals surface area contributed by atoms with Crippen molar-refractivity contribution in [1.82, 2.24) is 14.6 Å². The summed E-state index contributed by atoms with van der Waals surface area (Å²) in [6.45, 7) is 1.98. The van der Waals surface area contributed by atoms with E-state index in [4.69, 9.17) is 15.6 Å². The SMILES string of the molecule is C[C@@H](Nc1ccc2ncc(-c3ccc(O[C@@H]4CCC[C@H]4N)cc3)n2n1)c1cccc(F)c1. The number of hydrogen-bond donors (Lipinski definition) is 2. The van der Waals surface area contributed by atoms with Crippen LogP contribution < -0.4 is 15.8 Å². The van der Waals surface area contributed by atoms with Crippen molar-refractivity contribution in [3.8, 4) is 17.0 Å². The zero-order valence-electron chi connectivity index (χ0n) is 17.9. The molecule has 3 atom stereocenters. The topological polar surface area (TPSA) is 77.5 Å². The van der Waals surface area contributed by atoms with Gasteiger partial charge >= 0.3 is 0 Å². The number of benzene rings is 2. The molecule has 4 aromatic rings. The first-order chi connectivity index (χ1) is 15.6. The molecule has 1 aliphatic rings. The Morgan fingerprint density at radius 2 is 1.97 bits per heavy atom. The summed E-state index contributed by atoms with van der Waals surface area (Å²) < 4.78 is 21.4. The fraction of sp³-hybridized carbons (Fsp3) is 0.280. The van der Waals surface area contributed by atoms with Gasteiger partial charge in [0.2, 0.25) is 0 Å². The Labute approximate surface area is 186 Å². The minimum atomic E-state index is -0.251. The third-order valence-electron chi connectivity index (χ3n) is 6.02. The van der Waals surface area contributed by atoms with Crippen molar-refractivity contribution < 1.29 is 9.13 Å². The Morgan fingerprint density at radius 1 is 1.12 bits per heavy atom. The number of anilines is 1. The minimum absolute atomic E-state index is 0.0898. The third-order valence-corrected chi connectivity index (χ3v) is 6.02. The quantitative estimate of drug-likeness (QED) is 0.451. The second kappa shape index (κ2) is 8.59. The highest BCUT2D eigenvalue weighted by molar-refractivity contribution is 5.64. The second-order valence-corrected chi connectivity index (χ2v) is 8.33. The van der Waals surface area contributed by atoms with E-state index in [1.54, 1.807) is 6.07 Å². The molecular weight excluding hydrogens is 405 g/mol. The van der Waals surface area contributed by atoms with Crippen LogP contribution >= 0.6 is 0 Å². The van der Waals surface area contributed by atoms with E-state index in [1.165, 1.54) is 12.1 Å². The molecule has 6 nitrogen and oxygen atoms in total. The molecule has 0 saturated heterocycles. The fourth-order valence-corrected chi connectivity index (χ4v) is 4.21. The van der Waals surface area contributed by atoms with Crippen LogP contribution in [0.2, 0.25) is 0 Å². The maximum Gasteiger partial charge on any atom is 0.154 e. The summed E-state index contributed by atoms with van der Waals surface area (Å²) in [6, 6.07) is 18.3. The van der Waals surface area contributed by atoms with Crippen LogP contribution in [0, 0.1) is 5.82 Å². The molecule has 1 aliphatic carbocycles. The Morgan fingerprint density at radius 3 is 2.72 bits per heavy atom.